The Hall–Kier alpha value is -1.15. The van der Waals surface area contributed by atoms with Crippen LogP contribution in [0.3, 0.4) is 0 Å². The maximum Gasteiger partial charge on any atom is 0.137 e. The second-order valence-electron chi connectivity index (χ2n) is 5.70. The lowest BCUT2D eigenvalue weighted by atomic mass is 9.78. The molecule has 0 radical (unpaired) electrons. The first kappa shape index (κ1) is 14.3. The van der Waals surface area contributed by atoms with Crippen LogP contribution >= 0.6 is 0 Å². The maximum atomic E-state index is 12.1. The molecule has 0 amide bonds. The predicted molar refractivity (Wildman–Crippen MR) is 77.4 cm³/mol. The van der Waals surface area contributed by atoms with E-state index in [1.807, 2.05) is 6.92 Å². The molecule has 0 bridgehead atoms. The molecule has 0 aliphatic heterocycles. The summed E-state index contributed by atoms with van der Waals surface area (Å²) in [6.45, 7) is 6.99. The largest absolute Gasteiger partial charge is 0.378 e. The van der Waals surface area contributed by atoms with Gasteiger partial charge < -0.3 is 4.74 Å². The lowest BCUT2D eigenvalue weighted by Crippen LogP contribution is -2.33. The Morgan fingerprint density at radius 1 is 1.26 bits per heavy atom. The van der Waals surface area contributed by atoms with Crippen LogP contribution in [-0.2, 0) is 16.0 Å². The zero-order valence-corrected chi connectivity index (χ0v) is 12.2. The molecule has 1 fully saturated rings. The minimum Gasteiger partial charge on any atom is -0.378 e. The topological polar surface area (TPSA) is 26.3 Å². The van der Waals surface area contributed by atoms with E-state index in [2.05, 4.69) is 32.0 Å². The van der Waals surface area contributed by atoms with Crippen molar-refractivity contribution in [3.8, 4) is 0 Å². The summed E-state index contributed by atoms with van der Waals surface area (Å²) < 4.78 is 5.53. The van der Waals surface area contributed by atoms with Crippen molar-refractivity contribution in [2.24, 2.45) is 5.92 Å². The Bertz CT molecular complexity index is 424. The van der Waals surface area contributed by atoms with Crippen LogP contribution in [0.4, 0.5) is 0 Å². The molecule has 1 aliphatic carbocycles. The number of carbonyl (C=O) groups is 1. The highest BCUT2D eigenvalue weighted by molar-refractivity contribution is 5.81. The fourth-order valence-corrected chi connectivity index (χ4v) is 2.93. The number of Topliss-reactive ketones (excluding diaryl/α,β-unsaturated/α-hetero) is 1. The zero-order chi connectivity index (χ0) is 13.8. The van der Waals surface area contributed by atoms with Gasteiger partial charge in [-0.1, -0.05) is 18.2 Å². The van der Waals surface area contributed by atoms with Crippen molar-refractivity contribution in [2.45, 2.75) is 52.6 Å². The van der Waals surface area contributed by atoms with Crippen LogP contribution in [0.2, 0.25) is 0 Å². The molecule has 0 spiro atoms. The standard InChI is InChI=1S/C17H24O2/c1-4-19-16-9-14(10-16)8-15(18)11-17-12(2)6-5-7-13(17)3/h5-7,14,16H,4,8-11H2,1-3H3. The van der Waals surface area contributed by atoms with E-state index in [1.165, 1.54) is 16.7 Å². The SMILES string of the molecule is CCOC1CC(CC(=O)Cc2c(C)cccc2C)C1. The quantitative estimate of drug-likeness (QED) is 0.781. The smallest absolute Gasteiger partial charge is 0.137 e. The normalized spacial score (nSPS) is 22.1. The van der Waals surface area contributed by atoms with Crippen LogP contribution in [0.5, 0.6) is 0 Å². The van der Waals surface area contributed by atoms with Crippen LogP contribution in [0.25, 0.3) is 0 Å². The Morgan fingerprint density at radius 3 is 2.47 bits per heavy atom. The van der Waals surface area contributed by atoms with Crippen molar-refractivity contribution in [1.29, 1.82) is 0 Å². The third-order valence-electron chi connectivity index (χ3n) is 4.13. The fourth-order valence-electron chi connectivity index (χ4n) is 2.93. The zero-order valence-electron chi connectivity index (χ0n) is 12.2. The van der Waals surface area contributed by atoms with Gasteiger partial charge >= 0.3 is 0 Å². The lowest BCUT2D eigenvalue weighted by molar-refractivity contribution is -0.121. The minimum atomic E-state index is 0.373. The predicted octanol–water partition coefficient (Wildman–Crippen LogP) is 3.62. The summed E-state index contributed by atoms with van der Waals surface area (Å²) in [5.74, 6) is 0.922. The highest BCUT2D eigenvalue weighted by Crippen LogP contribution is 2.33. The molecule has 19 heavy (non-hydrogen) atoms. The monoisotopic (exact) mass is 260 g/mol. The molecular formula is C17H24O2. The van der Waals surface area contributed by atoms with Gasteiger partial charge in [-0.15, -0.1) is 0 Å². The highest BCUT2D eigenvalue weighted by Gasteiger charge is 2.30. The molecule has 1 aromatic carbocycles. The second-order valence-corrected chi connectivity index (χ2v) is 5.70. The molecule has 0 saturated heterocycles. The molecule has 1 saturated carbocycles. The van der Waals surface area contributed by atoms with Crippen LogP contribution in [0, 0.1) is 19.8 Å². The van der Waals surface area contributed by atoms with Crippen LogP contribution in [-0.4, -0.2) is 18.5 Å². The Morgan fingerprint density at radius 2 is 1.89 bits per heavy atom. The number of hydrogen-bond acceptors (Lipinski definition) is 2. The number of rotatable bonds is 6. The number of aryl methyl sites for hydroxylation is 2. The van der Waals surface area contributed by atoms with Gasteiger partial charge in [-0.05, 0) is 56.2 Å². The van der Waals surface area contributed by atoms with E-state index in [0.717, 1.165) is 25.9 Å². The molecule has 0 heterocycles. The third-order valence-corrected chi connectivity index (χ3v) is 4.13. The summed E-state index contributed by atoms with van der Waals surface area (Å²) >= 11 is 0. The first-order chi connectivity index (χ1) is 9.10. The van der Waals surface area contributed by atoms with E-state index in [-0.39, 0.29) is 0 Å². The van der Waals surface area contributed by atoms with Crippen molar-refractivity contribution in [1.82, 2.24) is 0 Å². The molecule has 0 atom stereocenters. The van der Waals surface area contributed by atoms with E-state index >= 15 is 0 Å². The molecule has 104 valence electrons. The lowest BCUT2D eigenvalue weighted by Gasteiger charge is -2.34. The highest BCUT2D eigenvalue weighted by atomic mass is 16.5. The van der Waals surface area contributed by atoms with Gasteiger partial charge in [0.05, 0.1) is 6.10 Å². The van der Waals surface area contributed by atoms with Crippen molar-refractivity contribution in [3.63, 3.8) is 0 Å². The van der Waals surface area contributed by atoms with Gasteiger partial charge in [0.2, 0.25) is 0 Å². The number of ether oxygens (including phenoxy) is 1. The molecule has 2 rings (SSSR count). The van der Waals surface area contributed by atoms with Gasteiger partial charge in [-0.2, -0.15) is 0 Å². The van der Waals surface area contributed by atoms with Crippen LogP contribution < -0.4 is 0 Å². The molecule has 1 aliphatic rings. The molecule has 0 aromatic heterocycles. The molecule has 0 unspecified atom stereocenters. The first-order valence-corrected chi connectivity index (χ1v) is 7.28. The van der Waals surface area contributed by atoms with Gasteiger partial charge in [0.1, 0.15) is 5.78 Å². The van der Waals surface area contributed by atoms with Gasteiger partial charge in [0, 0.05) is 19.4 Å². The molecule has 2 nitrogen and oxygen atoms in total. The molecule has 0 N–H and O–H groups in total. The summed E-state index contributed by atoms with van der Waals surface area (Å²) in [4.78, 5) is 12.1. The van der Waals surface area contributed by atoms with E-state index in [9.17, 15) is 4.79 Å². The maximum absolute atomic E-state index is 12.1. The molecule has 1 aromatic rings. The van der Waals surface area contributed by atoms with E-state index in [4.69, 9.17) is 4.74 Å². The number of benzene rings is 1. The van der Waals surface area contributed by atoms with Crippen molar-refractivity contribution in [3.05, 3.63) is 34.9 Å². The van der Waals surface area contributed by atoms with Crippen molar-refractivity contribution >= 4 is 5.78 Å². The first-order valence-electron chi connectivity index (χ1n) is 7.28. The summed E-state index contributed by atoms with van der Waals surface area (Å²) in [5, 5.41) is 0. The van der Waals surface area contributed by atoms with Crippen LogP contribution in [0.15, 0.2) is 18.2 Å². The number of hydrogen-bond donors (Lipinski definition) is 0. The fraction of sp³-hybridized carbons (Fsp3) is 0.588. The third kappa shape index (κ3) is 3.66. The Kier molecular flexibility index (Phi) is 4.76. The van der Waals surface area contributed by atoms with Gasteiger partial charge in [0.25, 0.3) is 0 Å². The summed E-state index contributed by atoms with van der Waals surface area (Å²) in [6, 6.07) is 6.23. The van der Waals surface area contributed by atoms with Crippen molar-refractivity contribution in [2.75, 3.05) is 6.61 Å². The molecular weight excluding hydrogens is 236 g/mol. The minimum absolute atomic E-state index is 0.373. The van der Waals surface area contributed by atoms with E-state index < -0.39 is 0 Å². The van der Waals surface area contributed by atoms with E-state index in [1.54, 1.807) is 0 Å². The van der Waals surface area contributed by atoms with Crippen LogP contribution in [0.1, 0.15) is 42.9 Å². The Labute approximate surface area is 116 Å². The van der Waals surface area contributed by atoms with Crippen molar-refractivity contribution < 1.29 is 9.53 Å². The number of carbonyl (C=O) groups excluding carboxylic acids is 1. The summed E-state index contributed by atoms with van der Waals surface area (Å²) in [5.41, 5.74) is 3.68. The average Bonchev–Trinajstić information content (AvgIpc) is 2.31. The van der Waals surface area contributed by atoms with Gasteiger partial charge in [-0.25, -0.2) is 0 Å². The average molecular weight is 260 g/mol. The summed E-state index contributed by atoms with van der Waals surface area (Å²) in [6.07, 6.45) is 3.84. The van der Waals surface area contributed by atoms with Gasteiger partial charge in [-0.3, -0.25) is 4.79 Å². The second kappa shape index (κ2) is 6.33. The van der Waals surface area contributed by atoms with E-state index in [0.29, 0.717) is 24.2 Å². The summed E-state index contributed by atoms with van der Waals surface area (Å²) in [7, 11) is 0. The molecule has 2 heteroatoms. The Balaban J connectivity index is 1.82. The number of ketones is 1. The van der Waals surface area contributed by atoms with Gasteiger partial charge in [0.15, 0.2) is 0 Å².